The predicted octanol–water partition coefficient (Wildman–Crippen LogP) is 3.52. The lowest BCUT2D eigenvalue weighted by Gasteiger charge is -2.19. The molecule has 0 atom stereocenters. The summed E-state index contributed by atoms with van der Waals surface area (Å²) in [5.41, 5.74) is 1.75. The van der Waals surface area contributed by atoms with E-state index < -0.39 is 5.41 Å². The third-order valence-electron chi connectivity index (χ3n) is 3.24. The average molecular weight is 246 g/mol. The van der Waals surface area contributed by atoms with Gasteiger partial charge in [-0.15, -0.1) is 0 Å². The highest BCUT2D eigenvalue weighted by molar-refractivity contribution is 5.43. The first-order valence-electron chi connectivity index (χ1n) is 6.14. The van der Waals surface area contributed by atoms with Gasteiger partial charge in [0.15, 0.2) is 5.41 Å². The van der Waals surface area contributed by atoms with Crippen LogP contribution in [0.4, 0.5) is 0 Å². The molecule has 2 rings (SSSR count). The summed E-state index contributed by atoms with van der Waals surface area (Å²) in [7, 11) is 0. The largest absolute Gasteiger partial charge is 0.196 e. The van der Waals surface area contributed by atoms with Crippen LogP contribution in [0.3, 0.4) is 0 Å². The van der Waals surface area contributed by atoms with Crippen LogP contribution in [0, 0.1) is 29.6 Å². The number of benzene rings is 2. The van der Waals surface area contributed by atoms with Gasteiger partial charge < -0.3 is 0 Å². The van der Waals surface area contributed by atoms with Crippen molar-refractivity contribution >= 4 is 0 Å². The first-order valence-corrected chi connectivity index (χ1v) is 6.14. The van der Waals surface area contributed by atoms with Crippen molar-refractivity contribution in [2.75, 3.05) is 0 Å². The molecule has 0 radical (unpaired) electrons. The van der Waals surface area contributed by atoms with Crippen molar-refractivity contribution in [3.8, 4) is 12.1 Å². The van der Waals surface area contributed by atoms with Gasteiger partial charge in [-0.05, 0) is 18.1 Å². The minimum absolute atomic E-state index is 0.407. The van der Waals surface area contributed by atoms with Crippen LogP contribution in [-0.4, -0.2) is 0 Å². The van der Waals surface area contributed by atoms with Crippen LogP contribution < -0.4 is 0 Å². The molecule has 0 amide bonds. The second-order valence-corrected chi connectivity index (χ2v) is 4.66. The van der Waals surface area contributed by atoms with E-state index >= 15 is 0 Å². The first kappa shape index (κ1) is 12.9. The molecule has 0 aliphatic carbocycles. The monoisotopic (exact) mass is 246 g/mol. The van der Waals surface area contributed by atoms with E-state index in [0.717, 1.165) is 16.7 Å². The van der Waals surface area contributed by atoms with Gasteiger partial charge in [0.1, 0.15) is 0 Å². The Morgan fingerprint density at radius 3 is 2.00 bits per heavy atom. The maximum absolute atomic E-state index is 9.49. The topological polar surface area (TPSA) is 47.6 Å². The molecule has 0 N–H and O–H groups in total. The summed E-state index contributed by atoms with van der Waals surface area (Å²) in [5, 5.41) is 19.0. The molecule has 2 nitrogen and oxygen atoms in total. The lowest BCUT2D eigenvalue weighted by Crippen LogP contribution is -2.25. The summed E-state index contributed by atoms with van der Waals surface area (Å²) in [6.45, 7) is 1.99. The van der Waals surface area contributed by atoms with E-state index in [1.54, 1.807) is 0 Å². The van der Waals surface area contributed by atoms with Crippen LogP contribution >= 0.6 is 0 Å². The van der Waals surface area contributed by atoms with E-state index in [2.05, 4.69) is 12.1 Å². The molecule has 0 saturated carbocycles. The molecule has 2 aromatic carbocycles. The molecule has 92 valence electrons. The highest BCUT2D eigenvalue weighted by Gasteiger charge is 2.32. The molecule has 2 heteroatoms. The second kappa shape index (κ2) is 5.38. The van der Waals surface area contributed by atoms with Gasteiger partial charge in [0, 0.05) is 6.42 Å². The van der Waals surface area contributed by atoms with Crippen LogP contribution in [-0.2, 0) is 11.8 Å². The molecule has 0 aliphatic heterocycles. The van der Waals surface area contributed by atoms with Crippen molar-refractivity contribution in [2.45, 2.75) is 18.8 Å². The van der Waals surface area contributed by atoms with Crippen LogP contribution in [0.2, 0.25) is 0 Å². The molecule has 0 aliphatic rings. The number of nitrogens with zero attached hydrogens (tertiary/aromatic N) is 2. The summed E-state index contributed by atoms with van der Waals surface area (Å²) < 4.78 is 0. The highest BCUT2D eigenvalue weighted by Crippen LogP contribution is 2.27. The Labute approximate surface area is 113 Å². The number of nitriles is 2. The van der Waals surface area contributed by atoms with Gasteiger partial charge in [0.2, 0.25) is 0 Å². The molecule has 0 bridgehead atoms. The third-order valence-corrected chi connectivity index (χ3v) is 3.24. The van der Waals surface area contributed by atoms with E-state index in [0.29, 0.717) is 6.42 Å². The number of aryl methyl sites for hydroxylation is 1. The van der Waals surface area contributed by atoms with Crippen molar-refractivity contribution in [2.24, 2.45) is 0 Å². The van der Waals surface area contributed by atoms with Crippen molar-refractivity contribution in [3.05, 3.63) is 71.3 Å². The smallest absolute Gasteiger partial charge is 0.172 e. The summed E-state index contributed by atoms with van der Waals surface area (Å²) >= 11 is 0. The first-order chi connectivity index (χ1) is 9.20. The number of hydrogen-bond donors (Lipinski definition) is 0. The van der Waals surface area contributed by atoms with Gasteiger partial charge in [0.05, 0.1) is 12.1 Å². The molecule has 0 heterocycles. The van der Waals surface area contributed by atoms with Gasteiger partial charge in [-0.2, -0.15) is 10.5 Å². The Kier molecular flexibility index (Phi) is 3.64. The van der Waals surface area contributed by atoms with E-state index in [9.17, 15) is 10.5 Å². The third kappa shape index (κ3) is 2.64. The molecule has 19 heavy (non-hydrogen) atoms. The molecular weight excluding hydrogens is 232 g/mol. The lowest BCUT2D eigenvalue weighted by molar-refractivity contribution is 0.694. The Bertz CT molecular complexity index is 614. The lowest BCUT2D eigenvalue weighted by atomic mass is 9.78. The van der Waals surface area contributed by atoms with Crippen molar-refractivity contribution in [1.82, 2.24) is 0 Å². The normalized spacial score (nSPS) is 10.5. The minimum Gasteiger partial charge on any atom is -0.196 e. The zero-order valence-corrected chi connectivity index (χ0v) is 10.8. The molecule has 0 unspecified atom stereocenters. The fourth-order valence-corrected chi connectivity index (χ4v) is 2.08. The Hall–Kier alpha value is -2.58. The summed E-state index contributed by atoms with van der Waals surface area (Å²) in [4.78, 5) is 0. The predicted molar refractivity (Wildman–Crippen MR) is 74.2 cm³/mol. The average Bonchev–Trinajstić information content (AvgIpc) is 2.47. The summed E-state index contributed by atoms with van der Waals surface area (Å²) in [6, 6.07) is 21.6. The van der Waals surface area contributed by atoms with Gasteiger partial charge in [-0.3, -0.25) is 0 Å². The minimum atomic E-state index is -1.12. The maximum Gasteiger partial charge on any atom is 0.172 e. The van der Waals surface area contributed by atoms with Crippen molar-refractivity contribution in [3.63, 3.8) is 0 Å². The Morgan fingerprint density at radius 1 is 0.895 bits per heavy atom. The van der Waals surface area contributed by atoms with Crippen LogP contribution in [0.1, 0.15) is 16.7 Å². The van der Waals surface area contributed by atoms with E-state index in [-0.39, 0.29) is 0 Å². The second-order valence-electron chi connectivity index (χ2n) is 4.66. The fourth-order valence-electron chi connectivity index (χ4n) is 2.08. The van der Waals surface area contributed by atoms with Crippen LogP contribution in [0.5, 0.6) is 0 Å². The van der Waals surface area contributed by atoms with Gasteiger partial charge >= 0.3 is 0 Å². The summed E-state index contributed by atoms with van der Waals surface area (Å²) in [5.74, 6) is 0. The van der Waals surface area contributed by atoms with E-state index in [4.69, 9.17) is 0 Å². The Morgan fingerprint density at radius 2 is 1.47 bits per heavy atom. The molecule has 0 spiro atoms. The molecule has 0 fully saturated rings. The number of rotatable bonds is 3. The highest BCUT2D eigenvalue weighted by atomic mass is 14.4. The van der Waals surface area contributed by atoms with Gasteiger partial charge in [-0.25, -0.2) is 0 Å². The van der Waals surface area contributed by atoms with Crippen LogP contribution in [0.15, 0.2) is 54.6 Å². The Balaban J connectivity index is 2.42. The summed E-state index contributed by atoms with van der Waals surface area (Å²) in [6.07, 6.45) is 0.407. The van der Waals surface area contributed by atoms with E-state index in [1.807, 2.05) is 61.5 Å². The van der Waals surface area contributed by atoms with Crippen molar-refractivity contribution < 1.29 is 0 Å². The molecule has 0 saturated heterocycles. The fraction of sp³-hybridized carbons (Fsp3) is 0.176. The van der Waals surface area contributed by atoms with Crippen molar-refractivity contribution in [1.29, 1.82) is 10.5 Å². The maximum atomic E-state index is 9.49. The zero-order chi connectivity index (χ0) is 13.7. The molecule has 0 aromatic heterocycles. The van der Waals surface area contributed by atoms with E-state index in [1.165, 1.54) is 0 Å². The van der Waals surface area contributed by atoms with Gasteiger partial charge in [-0.1, -0.05) is 60.2 Å². The zero-order valence-electron chi connectivity index (χ0n) is 10.8. The SMILES string of the molecule is Cc1ccc(C(C#N)(C#N)Cc2ccccc2)cc1. The molecular formula is C17H14N2. The number of hydrogen-bond acceptors (Lipinski definition) is 2. The molecule has 2 aromatic rings. The van der Waals surface area contributed by atoms with Gasteiger partial charge in [0.25, 0.3) is 0 Å². The van der Waals surface area contributed by atoms with Crippen LogP contribution in [0.25, 0.3) is 0 Å². The quantitative estimate of drug-likeness (QED) is 0.831. The standard InChI is InChI=1S/C17H14N2/c1-14-7-9-16(10-8-14)17(12-18,13-19)11-15-5-3-2-4-6-15/h2-10H,11H2,1H3.